The molecule has 1 aliphatic carbocycles. The van der Waals surface area contributed by atoms with Gasteiger partial charge in [0.2, 0.25) is 5.91 Å². The minimum absolute atomic E-state index is 0.0938. The molecule has 2 amide bonds. The summed E-state index contributed by atoms with van der Waals surface area (Å²) in [5.41, 5.74) is 2.03. The quantitative estimate of drug-likeness (QED) is 0.510. The Morgan fingerprint density at radius 2 is 1.62 bits per heavy atom. The Balaban J connectivity index is 1.16. The van der Waals surface area contributed by atoms with Gasteiger partial charge in [-0.3, -0.25) is 14.5 Å². The third-order valence-electron chi connectivity index (χ3n) is 11.8. The Morgan fingerprint density at radius 3 is 2.21 bits per heavy atom. The molecule has 0 aromatic heterocycles. The smallest absolute Gasteiger partial charge is 0.399 e. The third kappa shape index (κ3) is 4.48. The minimum atomic E-state index is -0.585. The highest BCUT2D eigenvalue weighted by Gasteiger charge is 2.57. The number of piperidine rings is 1. The summed E-state index contributed by atoms with van der Waals surface area (Å²) in [5.74, 6) is 0.314. The molecule has 6 aliphatic rings. The van der Waals surface area contributed by atoms with Crippen molar-refractivity contribution in [3.63, 3.8) is 0 Å². The van der Waals surface area contributed by atoms with Gasteiger partial charge in [0.05, 0.1) is 16.6 Å². The van der Waals surface area contributed by atoms with Crippen LogP contribution < -0.4 is 10.4 Å². The van der Waals surface area contributed by atoms with E-state index in [2.05, 4.69) is 69.5 Å². The number of carbonyl (C=O) groups is 2. The average Bonchev–Trinajstić information content (AvgIpc) is 3.66. The molecule has 4 saturated heterocycles. The number of hydrogen-bond acceptors (Lipinski definition) is 6. The summed E-state index contributed by atoms with van der Waals surface area (Å²) in [4.78, 5) is 34.4. The standard InChI is InChI=1S/C33H48BN3O5/c1-30(2)11-14-36(21-30)23-19-24(20-23)37-26-18-22(34-41-31(3,4)32(5,6)42-34)9-10-25(26)33(29(37)39)12-15-35(16-13-33)28(38)27-8-7-17-40-27/h9-10,18,23-24,27H,7-8,11-17,19-21H2,1-6H3/t23?,24?,27-/m1/s1. The maximum atomic E-state index is 14.6. The van der Waals surface area contributed by atoms with Crippen LogP contribution in [0.15, 0.2) is 18.2 Å². The predicted molar refractivity (Wildman–Crippen MR) is 163 cm³/mol. The maximum absolute atomic E-state index is 14.6. The Morgan fingerprint density at radius 1 is 0.929 bits per heavy atom. The largest absolute Gasteiger partial charge is 0.494 e. The zero-order chi connectivity index (χ0) is 29.7. The third-order valence-corrected chi connectivity index (χ3v) is 11.8. The van der Waals surface area contributed by atoms with Crippen molar-refractivity contribution in [1.82, 2.24) is 9.80 Å². The van der Waals surface area contributed by atoms with Crippen molar-refractivity contribution in [1.29, 1.82) is 0 Å². The van der Waals surface area contributed by atoms with E-state index in [-0.39, 0.29) is 24.0 Å². The van der Waals surface area contributed by atoms with Crippen molar-refractivity contribution in [2.24, 2.45) is 5.41 Å². The lowest BCUT2D eigenvalue weighted by Crippen LogP contribution is -2.58. The van der Waals surface area contributed by atoms with E-state index in [0.717, 1.165) is 55.5 Å². The van der Waals surface area contributed by atoms with E-state index in [9.17, 15) is 9.59 Å². The molecule has 1 spiro atoms. The molecule has 5 fully saturated rings. The van der Waals surface area contributed by atoms with E-state index in [1.807, 2.05) is 4.90 Å². The number of fused-ring (bicyclic) bond motifs is 2. The fraction of sp³-hybridized carbons (Fsp3) is 0.758. The van der Waals surface area contributed by atoms with Crippen molar-refractivity contribution < 1.29 is 23.6 Å². The molecule has 0 bridgehead atoms. The monoisotopic (exact) mass is 577 g/mol. The lowest BCUT2D eigenvalue weighted by atomic mass is 9.71. The van der Waals surface area contributed by atoms with Crippen LogP contribution in [0, 0.1) is 5.41 Å². The normalized spacial score (nSPS) is 33.0. The zero-order valence-corrected chi connectivity index (χ0v) is 26.4. The second-order valence-corrected chi connectivity index (χ2v) is 15.6. The number of nitrogens with zero attached hydrogens (tertiary/aromatic N) is 3. The van der Waals surface area contributed by atoms with Gasteiger partial charge >= 0.3 is 7.12 Å². The number of anilines is 1. The molecule has 1 atom stereocenters. The van der Waals surface area contributed by atoms with Crippen molar-refractivity contribution in [3.05, 3.63) is 23.8 Å². The first-order valence-electron chi connectivity index (χ1n) is 16.3. The van der Waals surface area contributed by atoms with Crippen LogP contribution in [0.2, 0.25) is 0 Å². The summed E-state index contributed by atoms with van der Waals surface area (Å²) in [7, 11) is -0.472. The highest BCUT2D eigenvalue weighted by molar-refractivity contribution is 6.62. The number of amides is 2. The van der Waals surface area contributed by atoms with Crippen LogP contribution in [0.4, 0.5) is 5.69 Å². The Labute approximate surface area is 251 Å². The van der Waals surface area contributed by atoms with Crippen molar-refractivity contribution >= 4 is 30.1 Å². The molecule has 8 nitrogen and oxygen atoms in total. The number of likely N-dealkylation sites (tertiary alicyclic amines) is 2. The van der Waals surface area contributed by atoms with E-state index in [4.69, 9.17) is 14.0 Å². The average molecular weight is 578 g/mol. The molecule has 9 heteroatoms. The van der Waals surface area contributed by atoms with E-state index in [0.29, 0.717) is 44.0 Å². The van der Waals surface area contributed by atoms with Gasteiger partial charge in [-0.05, 0) is 102 Å². The van der Waals surface area contributed by atoms with Gasteiger partial charge in [0.1, 0.15) is 6.10 Å². The lowest BCUT2D eigenvalue weighted by molar-refractivity contribution is -0.144. The summed E-state index contributed by atoms with van der Waals surface area (Å²) < 4.78 is 18.5. The molecule has 1 aromatic rings. The van der Waals surface area contributed by atoms with Gasteiger partial charge in [-0.15, -0.1) is 0 Å². The van der Waals surface area contributed by atoms with Gasteiger partial charge in [0.25, 0.3) is 5.91 Å². The lowest BCUT2D eigenvalue weighted by Gasteiger charge is -2.46. The molecule has 5 aliphatic heterocycles. The van der Waals surface area contributed by atoms with Gasteiger partial charge < -0.3 is 23.8 Å². The van der Waals surface area contributed by atoms with Crippen molar-refractivity contribution in [3.8, 4) is 0 Å². The van der Waals surface area contributed by atoms with Crippen molar-refractivity contribution in [2.45, 2.75) is 121 Å². The molecule has 7 rings (SSSR count). The number of carbonyl (C=O) groups excluding carboxylic acids is 2. The molecule has 42 heavy (non-hydrogen) atoms. The van der Waals surface area contributed by atoms with E-state index in [1.54, 1.807) is 0 Å². The van der Waals surface area contributed by atoms with Crippen LogP contribution in [0.3, 0.4) is 0 Å². The number of hydrogen-bond donors (Lipinski definition) is 0. The maximum Gasteiger partial charge on any atom is 0.494 e. The SMILES string of the molecule is CC1(C)CCN(C2CC(N3C(=O)C4(CCN(C(=O)[C@H]5CCCO5)CC4)c4ccc(B5OC(C)(C)C(C)(C)O5)cc43)C2)C1. The van der Waals surface area contributed by atoms with Gasteiger partial charge in [-0.25, -0.2) is 0 Å². The Hall–Kier alpha value is -1.94. The zero-order valence-electron chi connectivity index (χ0n) is 26.4. The molecule has 0 unspecified atom stereocenters. The summed E-state index contributed by atoms with van der Waals surface area (Å²) in [6, 6.07) is 7.16. The highest BCUT2D eigenvalue weighted by atomic mass is 16.7. The number of ether oxygens (including phenoxy) is 1. The van der Waals surface area contributed by atoms with Gasteiger partial charge in [0, 0.05) is 44.0 Å². The molecule has 1 saturated carbocycles. The van der Waals surface area contributed by atoms with Crippen LogP contribution in [-0.4, -0.2) is 90.9 Å². The molecular formula is C33H48BN3O5. The second-order valence-electron chi connectivity index (χ2n) is 15.6. The summed E-state index contributed by atoms with van der Waals surface area (Å²) in [6.07, 6.45) is 6.00. The number of rotatable bonds is 4. The molecule has 5 heterocycles. The van der Waals surface area contributed by atoms with Crippen LogP contribution in [-0.2, 0) is 29.0 Å². The fourth-order valence-electron chi connectivity index (χ4n) is 8.20. The Bertz CT molecular complexity index is 1240. The first kappa shape index (κ1) is 28.8. The van der Waals surface area contributed by atoms with Gasteiger partial charge in [0.15, 0.2) is 0 Å². The van der Waals surface area contributed by atoms with E-state index in [1.165, 1.54) is 6.42 Å². The van der Waals surface area contributed by atoms with Gasteiger partial charge in [-0.2, -0.15) is 0 Å². The van der Waals surface area contributed by atoms with Crippen LogP contribution in [0.1, 0.15) is 92.1 Å². The number of benzene rings is 1. The minimum Gasteiger partial charge on any atom is -0.399 e. The summed E-state index contributed by atoms with van der Waals surface area (Å²) >= 11 is 0. The molecule has 1 aromatic carbocycles. The summed E-state index contributed by atoms with van der Waals surface area (Å²) in [5, 5.41) is 0. The topological polar surface area (TPSA) is 71.6 Å². The summed E-state index contributed by atoms with van der Waals surface area (Å²) in [6.45, 7) is 17.2. The first-order chi connectivity index (χ1) is 19.8. The first-order valence-corrected chi connectivity index (χ1v) is 16.3. The molecular weight excluding hydrogens is 529 g/mol. The van der Waals surface area contributed by atoms with Crippen molar-refractivity contribution in [2.75, 3.05) is 37.7 Å². The molecule has 0 radical (unpaired) electrons. The van der Waals surface area contributed by atoms with Crippen LogP contribution in [0.25, 0.3) is 0 Å². The Kier molecular flexibility index (Phi) is 6.71. The van der Waals surface area contributed by atoms with E-state index < -0.39 is 23.7 Å². The highest BCUT2D eigenvalue weighted by Crippen LogP contribution is 2.51. The second kappa shape index (κ2) is 9.78. The van der Waals surface area contributed by atoms with Gasteiger partial charge in [-0.1, -0.05) is 26.0 Å². The fourth-order valence-corrected chi connectivity index (χ4v) is 8.20. The van der Waals surface area contributed by atoms with Crippen LogP contribution >= 0.6 is 0 Å². The van der Waals surface area contributed by atoms with E-state index >= 15 is 0 Å². The predicted octanol–water partition coefficient (Wildman–Crippen LogP) is 3.63. The molecule has 228 valence electrons. The van der Waals surface area contributed by atoms with Crippen LogP contribution in [0.5, 0.6) is 0 Å². The molecule has 0 N–H and O–H groups in total.